The summed E-state index contributed by atoms with van der Waals surface area (Å²) in [5.41, 5.74) is 0. The Morgan fingerprint density at radius 1 is 0.722 bits per heavy atom. The van der Waals surface area contributed by atoms with Crippen LogP contribution in [0.5, 0.6) is 11.8 Å². The Morgan fingerprint density at radius 3 is 1.22 bits per heavy atom. The molecule has 0 bridgehead atoms. The highest BCUT2D eigenvalue weighted by molar-refractivity contribution is 9.13. The van der Waals surface area contributed by atoms with Crippen LogP contribution >= 0.6 is 31.9 Å². The van der Waals surface area contributed by atoms with Crippen molar-refractivity contribution in [1.29, 1.82) is 0 Å². The Balaban J connectivity index is 3.06. The lowest BCUT2D eigenvalue weighted by Crippen LogP contribution is -2.31. The first kappa shape index (κ1) is 16.1. The van der Waals surface area contributed by atoms with Gasteiger partial charge in [0.2, 0.25) is 28.4 Å². The first-order chi connectivity index (χ1) is 7.99. The van der Waals surface area contributed by atoms with Crippen molar-refractivity contribution >= 4 is 48.5 Å². The third kappa shape index (κ3) is 4.98. The molecule has 0 aliphatic carbocycles. The summed E-state index contributed by atoms with van der Waals surface area (Å²) in [6, 6.07) is 0. The van der Waals surface area contributed by atoms with Crippen LogP contribution in [0.4, 0.5) is 0 Å². The molecule has 0 saturated heterocycles. The quantitative estimate of drug-likeness (QED) is 0.684. The van der Waals surface area contributed by atoms with Gasteiger partial charge in [0.15, 0.2) is 0 Å². The fraction of sp³-hybridized carbons (Fsp3) is 0.600. The van der Waals surface area contributed by atoms with E-state index in [0.717, 1.165) is 8.95 Å². The zero-order valence-corrected chi connectivity index (χ0v) is 16.6. The monoisotopic (exact) mass is 412 g/mol. The first-order valence-corrected chi connectivity index (χ1v) is 14.0. The Bertz CT molecular complexity index is 404. The number of hydrogen-bond donors (Lipinski definition) is 0. The maximum atomic E-state index is 5.84. The van der Waals surface area contributed by atoms with E-state index in [2.05, 4.69) is 81.3 Å². The van der Waals surface area contributed by atoms with Gasteiger partial charge in [0, 0.05) is 0 Å². The molecule has 0 amide bonds. The van der Waals surface area contributed by atoms with Crippen molar-refractivity contribution in [3.8, 4) is 11.8 Å². The van der Waals surface area contributed by atoms with Gasteiger partial charge in [-0.05, 0) is 71.1 Å². The number of rotatable bonds is 4. The summed E-state index contributed by atoms with van der Waals surface area (Å²) in [5.74, 6) is 1.04. The van der Waals surface area contributed by atoms with Gasteiger partial charge >= 0.3 is 0 Å². The predicted molar refractivity (Wildman–Crippen MR) is 85.4 cm³/mol. The topological polar surface area (TPSA) is 44.2 Å². The van der Waals surface area contributed by atoms with Gasteiger partial charge in [-0.25, -0.2) is 0 Å². The first-order valence-electron chi connectivity index (χ1n) is 5.59. The molecule has 102 valence electrons. The highest BCUT2D eigenvalue weighted by Gasteiger charge is 2.24. The molecule has 1 aromatic rings. The van der Waals surface area contributed by atoms with E-state index in [-0.39, 0.29) is 0 Å². The highest BCUT2D eigenvalue weighted by atomic mass is 79.9. The highest BCUT2D eigenvalue weighted by Crippen LogP contribution is 2.37. The van der Waals surface area contributed by atoms with Gasteiger partial charge in [-0.2, -0.15) is 0 Å². The molecule has 0 aromatic carbocycles. The van der Waals surface area contributed by atoms with Crippen molar-refractivity contribution in [2.24, 2.45) is 0 Å². The second-order valence-corrected chi connectivity index (χ2v) is 16.3. The molecule has 0 saturated carbocycles. The molecular formula is C10H18Br2N2O2Si2. The van der Waals surface area contributed by atoms with E-state index in [0.29, 0.717) is 11.8 Å². The number of halogens is 2. The van der Waals surface area contributed by atoms with Crippen molar-refractivity contribution in [1.82, 2.24) is 10.2 Å². The van der Waals surface area contributed by atoms with E-state index in [4.69, 9.17) is 8.85 Å². The molecule has 1 aromatic heterocycles. The van der Waals surface area contributed by atoms with Crippen LogP contribution in [-0.4, -0.2) is 26.8 Å². The average molecular weight is 414 g/mol. The largest absolute Gasteiger partial charge is 0.530 e. The predicted octanol–water partition coefficient (Wildman–Crippen LogP) is 4.43. The molecule has 18 heavy (non-hydrogen) atoms. The van der Waals surface area contributed by atoms with Crippen molar-refractivity contribution in [2.75, 3.05) is 0 Å². The SMILES string of the molecule is C[Si](C)(C)Oc1nnc(O[Si](C)(C)C)c(Br)c1Br. The summed E-state index contributed by atoms with van der Waals surface area (Å²) >= 11 is 6.95. The molecule has 0 fully saturated rings. The summed E-state index contributed by atoms with van der Waals surface area (Å²) in [6.45, 7) is 12.6. The van der Waals surface area contributed by atoms with E-state index in [1.54, 1.807) is 0 Å². The molecule has 0 spiro atoms. The Kier molecular flexibility index (Phi) is 5.02. The standard InChI is InChI=1S/C10H18Br2N2O2Si2/c1-17(2,3)15-9-7(11)8(12)10(14-13-9)16-18(4,5)6/h1-6H3. The normalized spacial score (nSPS) is 12.4. The molecule has 0 atom stereocenters. The lowest BCUT2D eigenvalue weighted by atomic mass is 10.5. The summed E-state index contributed by atoms with van der Waals surface area (Å²) in [5, 5.41) is 8.18. The summed E-state index contributed by atoms with van der Waals surface area (Å²) < 4.78 is 13.2. The van der Waals surface area contributed by atoms with E-state index in [1.165, 1.54) is 0 Å². The molecule has 0 radical (unpaired) electrons. The van der Waals surface area contributed by atoms with Crippen molar-refractivity contribution < 1.29 is 8.85 Å². The maximum absolute atomic E-state index is 5.84. The van der Waals surface area contributed by atoms with Gasteiger partial charge in [-0.3, -0.25) is 0 Å². The van der Waals surface area contributed by atoms with Gasteiger partial charge in [-0.15, -0.1) is 10.2 Å². The molecule has 0 aliphatic heterocycles. The van der Waals surface area contributed by atoms with Gasteiger partial charge in [-0.1, -0.05) is 0 Å². The number of aromatic nitrogens is 2. The van der Waals surface area contributed by atoms with E-state index in [9.17, 15) is 0 Å². The second kappa shape index (κ2) is 5.60. The van der Waals surface area contributed by atoms with Gasteiger partial charge in [0.1, 0.15) is 0 Å². The summed E-state index contributed by atoms with van der Waals surface area (Å²) in [7, 11) is -3.40. The molecule has 1 rings (SSSR count). The molecular weight excluding hydrogens is 396 g/mol. The minimum absolute atomic E-state index is 0.518. The number of nitrogens with zero attached hydrogens (tertiary/aromatic N) is 2. The Hall–Kier alpha value is 0.0738. The van der Waals surface area contributed by atoms with Gasteiger partial charge in [0.25, 0.3) is 0 Å². The van der Waals surface area contributed by atoms with Crippen molar-refractivity contribution in [2.45, 2.75) is 39.3 Å². The smallest absolute Gasteiger partial charge is 0.244 e. The van der Waals surface area contributed by atoms with Crippen LogP contribution in [0, 0.1) is 0 Å². The Labute approximate surface area is 127 Å². The van der Waals surface area contributed by atoms with Crippen LogP contribution in [0.15, 0.2) is 8.95 Å². The van der Waals surface area contributed by atoms with Crippen LogP contribution in [0.1, 0.15) is 0 Å². The maximum Gasteiger partial charge on any atom is 0.244 e. The fourth-order valence-corrected chi connectivity index (χ4v) is 3.48. The van der Waals surface area contributed by atoms with Crippen molar-refractivity contribution in [3.05, 3.63) is 8.95 Å². The molecule has 4 nitrogen and oxygen atoms in total. The van der Waals surface area contributed by atoms with E-state index < -0.39 is 16.6 Å². The molecule has 8 heteroatoms. The van der Waals surface area contributed by atoms with Crippen LogP contribution in [0.2, 0.25) is 39.3 Å². The average Bonchev–Trinajstić information content (AvgIpc) is 2.14. The third-order valence-electron chi connectivity index (χ3n) is 1.61. The van der Waals surface area contributed by atoms with Crippen LogP contribution < -0.4 is 8.85 Å². The second-order valence-electron chi connectivity index (χ2n) is 5.87. The lowest BCUT2D eigenvalue weighted by molar-refractivity contribution is 0.483. The zero-order chi connectivity index (χ0) is 14.1. The molecule has 1 heterocycles. The molecule has 0 aliphatic rings. The minimum Gasteiger partial charge on any atom is -0.530 e. The van der Waals surface area contributed by atoms with Gasteiger partial charge < -0.3 is 8.85 Å². The van der Waals surface area contributed by atoms with Crippen LogP contribution in [-0.2, 0) is 0 Å². The van der Waals surface area contributed by atoms with E-state index >= 15 is 0 Å². The molecule has 0 unspecified atom stereocenters. The Morgan fingerprint density at radius 2 is 1.00 bits per heavy atom. The summed E-state index contributed by atoms with van der Waals surface area (Å²) in [4.78, 5) is 0. The van der Waals surface area contributed by atoms with Gasteiger partial charge in [0.05, 0.1) is 8.95 Å². The minimum atomic E-state index is -1.70. The third-order valence-corrected chi connectivity index (χ3v) is 5.22. The fourth-order valence-electron chi connectivity index (χ4n) is 1.08. The molecule has 0 N–H and O–H groups in total. The number of hydrogen-bond acceptors (Lipinski definition) is 4. The van der Waals surface area contributed by atoms with E-state index in [1.807, 2.05) is 0 Å². The van der Waals surface area contributed by atoms with Crippen molar-refractivity contribution in [3.63, 3.8) is 0 Å². The zero-order valence-electron chi connectivity index (χ0n) is 11.5. The van der Waals surface area contributed by atoms with Crippen LogP contribution in [0.25, 0.3) is 0 Å². The lowest BCUT2D eigenvalue weighted by Gasteiger charge is -2.22. The summed E-state index contributed by atoms with van der Waals surface area (Å²) in [6.07, 6.45) is 0. The van der Waals surface area contributed by atoms with Crippen LogP contribution in [0.3, 0.4) is 0 Å².